The first kappa shape index (κ1) is 120. The molecule has 6 aromatic heterocycles. The number of carbonyl (C=O) groups is 3. The number of aromatic nitrogens is 9. The van der Waals surface area contributed by atoms with Gasteiger partial charge < -0.3 is 103 Å². The number of primary amides is 3. The third-order valence-electron chi connectivity index (χ3n) is 25.2. The smallest absolute Gasteiger partial charge is 0.271 e. The summed E-state index contributed by atoms with van der Waals surface area (Å²) >= 11 is 8.85. The summed E-state index contributed by atoms with van der Waals surface area (Å²) in [5.74, 6) is -1.77. The number of nitro groups is 2. The predicted octanol–water partition coefficient (Wildman–Crippen LogP) is 16.7. The second-order valence-corrected chi connectivity index (χ2v) is 35.1. The number of ether oxygens (including phenoxy) is 3. The molecule has 19 rings (SSSR count). The molecular weight excluding hydrogens is 2060 g/mol. The summed E-state index contributed by atoms with van der Waals surface area (Å²) in [6.07, 6.45) is 7.56. The first-order valence-electron chi connectivity index (χ1n) is 47.3. The molecule has 14 aromatic rings. The van der Waals surface area contributed by atoms with E-state index in [1.807, 2.05) is 54.6 Å². The molecule has 5 saturated heterocycles. The third-order valence-corrected chi connectivity index (χ3v) is 25.9. The van der Waals surface area contributed by atoms with Gasteiger partial charge in [-0.05, 0) is 166 Å². The number of halogens is 6. The molecule has 5 aliphatic heterocycles. The quantitative estimate of drug-likeness (QED) is 0.00915. The number of benzene rings is 8. The van der Waals surface area contributed by atoms with Crippen molar-refractivity contribution in [2.75, 3.05) is 221 Å². The summed E-state index contributed by atoms with van der Waals surface area (Å²) in [4.78, 5) is 102. The van der Waals surface area contributed by atoms with E-state index < -0.39 is 40.1 Å². The molecule has 5 fully saturated rings. The molecule has 0 saturated carbocycles. The average molecular weight is 2200 g/mol. The van der Waals surface area contributed by atoms with E-state index in [2.05, 4.69) is 165 Å². The molecule has 149 heavy (non-hydrogen) atoms. The van der Waals surface area contributed by atoms with Crippen LogP contribution in [0.4, 0.5) is 76.3 Å². The molecule has 0 spiro atoms. The number of methoxy groups -OCH3 is 3. The standard InChI is InChI=1S/2C26H28FN7O2.C14H10ClFN4O2.C12H17N3O2.C12H19N3.C6H4BrNO2.C6H14N2.2CH4.ClH.Fe.H3N/c2*1-3-32-9-11-33(12-10-32)18-6-4-5-17(13-18)30-26-29-15-22(27)25(31-26)34-16-21(24(28)35)20-14-19(36-2)7-8-23(20)34;1-22-7-2-3-11-8(4-7)9(12(17)21)6-20(11)13-10(16)5-18-14(15)19-13;1-2-13-6-8-14(9-7-13)11-4-3-5-12(10-11)15(16)17;1-2-14-6-8-15(9-7-14)12-5-3-4-11(13)10-12;7-5-2-1-3-6(4-5)8(9)10;1-2-8-5-3-7-4-6-8;;;;;/h2*4-8,13-16H,3,9-12H2,1-2H3,(H2,28,35)(H,29,30,31);2-6H,1H3,(H2,17,21);3-5,10H,2,6-9H2,1H3;3-5,10H,2,6-9,13H2,1H3;1-4H;7H,2-6H2,1H3;2*1H4;1H;;1H3. The number of piperazine rings is 5. The third kappa shape index (κ3) is 32.0. The van der Waals surface area contributed by atoms with Gasteiger partial charge >= 0.3 is 0 Å². The van der Waals surface area contributed by atoms with Gasteiger partial charge in [-0.3, -0.25) is 48.3 Å². The van der Waals surface area contributed by atoms with E-state index in [0.717, 1.165) is 188 Å². The molecule has 3 amide bonds. The molecule has 38 nitrogen and oxygen atoms in total. The number of hydrogen-bond acceptors (Lipinski definition) is 30. The Bertz CT molecular complexity index is 6550. The number of rotatable bonds is 24. The molecule has 798 valence electrons. The maximum absolute atomic E-state index is 14.9. The van der Waals surface area contributed by atoms with E-state index in [1.54, 1.807) is 78.9 Å². The van der Waals surface area contributed by atoms with Gasteiger partial charge in [-0.1, -0.05) is 95.7 Å². The van der Waals surface area contributed by atoms with Gasteiger partial charge in [-0.2, -0.15) is 15.0 Å². The number of fused-ring (bicyclic) bond motifs is 3. The van der Waals surface area contributed by atoms with Crippen LogP contribution in [-0.4, -0.2) is 281 Å². The van der Waals surface area contributed by atoms with Crippen LogP contribution >= 0.6 is 39.9 Å². The first-order valence-corrected chi connectivity index (χ1v) is 48.5. The van der Waals surface area contributed by atoms with E-state index >= 15 is 0 Å². The fourth-order valence-corrected chi connectivity index (χ4v) is 17.6. The van der Waals surface area contributed by atoms with Crippen LogP contribution in [-0.2, 0) is 17.1 Å². The second-order valence-electron chi connectivity index (χ2n) is 33.9. The molecule has 0 atom stereocenters. The molecule has 0 radical (unpaired) electrons. The number of nitro benzene ring substituents is 2. The number of likely N-dealkylation sites (N-methyl/N-ethyl adjacent to an activating group) is 5. The number of non-ortho nitro benzene ring substituents is 2. The van der Waals surface area contributed by atoms with E-state index in [-0.39, 0.29) is 118 Å². The van der Waals surface area contributed by atoms with Crippen molar-refractivity contribution in [1.29, 1.82) is 0 Å². The monoisotopic (exact) mass is 2190 g/mol. The van der Waals surface area contributed by atoms with Gasteiger partial charge in [0.2, 0.25) is 17.2 Å². The Hall–Kier alpha value is -14.1. The van der Waals surface area contributed by atoms with Gasteiger partial charge in [0.25, 0.3) is 29.1 Å². The number of carbonyl (C=O) groups excluding carboxylic acids is 3. The second kappa shape index (κ2) is 58.0. The fourth-order valence-electron chi connectivity index (χ4n) is 17.1. The fraction of sp³-hybridized carbons (Fsp3) is 0.337. The summed E-state index contributed by atoms with van der Waals surface area (Å²) in [7, 11) is 4.57. The molecule has 5 aliphatic rings. The van der Waals surface area contributed by atoms with Crippen LogP contribution in [0.5, 0.6) is 17.2 Å². The van der Waals surface area contributed by atoms with Crippen molar-refractivity contribution in [2.24, 2.45) is 17.2 Å². The molecule has 8 aromatic carbocycles. The Morgan fingerprint density at radius 2 is 0.725 bits per heavy atom. The van der Waals surface area contributed by atoms with Crippen molar-refractivity contribution < 1.29 is 68.7 Å². The van der Waals surface area contributed by atoms with Crippen LogP contribution in [0.1, 0.15) is 80.5 Å². The number of nitrogens with one attached hydrogen (secondary N) is 3. The zero-order valence-corrected chi connectivity index (χ0v) is 87.3. The zero-order chi connectivity index (χ0) is 103. The van der Waals surface area contributed by atoms with E-state index in [1.165, 1.54) is 110 Å². The van der Waals surface area contributed by atoms with Crippen molar-refractivity contribution in [3.05, 3.63) is 277 Å². The summed E-state index contributed by atoms with van der Waals surface area (Å²) in [6, 6.07) is 52.6. The van der Waals surface area contributed by atoms with Crippen LogP contribution in [0.2, 0.25) is 5.28 Å². The SMILES string of the molecule is C.C.CCN1CCN(c2cccc(N)c2)CC1.CCN1CCN(c2cccc(Nc3ncc(F)c(-n4cc(C(N)=O)c5cc(OC)ccc54)n3)c2)CC1.CCN1CCN(c2cccc(Nc3ncc(F)c(-n4cc(C(N)=O)c5cc(OC)ccc54)n3)c2)CC1.CCN1CCN(c2cccc([N+](=O)[O-])c2)CC1.CCN1CCNCC1.COc1ccc2c(c1)c(C(N)=O)cn2-c1nc(Cl)ncc1F.Cl.N.O=[N+]([O-])c1cccc(Br)c1.[Fe]. The predicted molar refractivity (Wildman–Crippen MR) is 589 cm³/mol. The minimum absolute atomic E-state index is 0. The number of hydrogen-bond donors (Lipinski definition) is 8. The molecule has 0 unspecified atom stereocenters. The molecule has 0 bridgehead atoms. The Labute approximate surface area is 895 Å². The van der Waals surface area contributed by atoms with Crippen molar-refractivity contribution in [2.45, 2.75) is 49.5 Å². The van der Waals surface area contributed by atoms with Gasteiger partial charge in [0.15, 0.2) is 34.9 Å². The molecule has 11 heterocycles. The summed E-state index contributed by atoms with van der Waals surface area (Å²) in [5, 5.41) is 32.0. The van der Waals surface area contributed by atoms with Crippen LogP contribution in [0, 0.1) is 37.7 Å². The van der Waals surface area contributed by atoms with Gasteiger partial charge in [-0.15, -0.1) is 12.4 Å². The van der Waals surface area contributed by atoms with Crippen LogP contribution in [0.15, 0.2) is 218 Å². The normalized spacial score (nSPS) is 14.2. The van der Waals surface area contributed by atoms with Gasteiger partial charge in [0.1, 0.15) is 17.2 Å². The molecular formula is C104H132BrCl2F3FeN28O10. The minimum atomic E-state index is -0.673. The number of nitrogen functional groups attached to an aromatic ring is 1. The maximum atomic E-state index is 14.9. The van der Waals surface area contributed by atoms with Crippen LogP contribution < -0.4 is 78.8 Å². The van der Waals surface area contributed by atoms with Crippen molar-refractivity contribution in [3.8, 4) is 34.7 Å². The van der Waals surface area contributed by atoms with Gasteiger partial charge in [0.05, 0.1) is 83.0 Å². The van der Waals surface area contributed by atoms with Crippen LogP contribution in [0.3, 0.4) is 0 Å². The average Bonchev–Trinajstić information content (AvgIpc) is 1.62. The van der Waals surface area contributed by atoms with Crippen molar-refractivity contribution in [3.63, 3.8) is 0 Å². The van der Waals surface area contributed by atoms with E-state index in [9.17, 15) is 47.8 Å². The number of amides is 3. The Morgan fingerprint density at radius 1 is 0.423 bits per heavy atom. The molecule has 0 aliphatic carbocycles. The van der Waals surface area contributed by atoms with Crippen molar-refractivity contribution >= 4 is 153 Å². The number of nitrogens with zero attached hydrogens (tertiary/aromatic N) is 20. The Kier molecular flexibility index (Phi) is 46.8. The number of nitrogens with two attached hydrogens (primary N) is 4. The van der Waals surface area contributed by atoms with E-state index in [4.69, 9.17) is 48.7 Å². The minimum Gasteiger partial charge on any atom is -0.497 e. The molecule has 14 N–H and O–H groups in total. The van der Waals surface area contributed by atoms with Gasteiger partial charge in [0, 0.05) is 251 Å². The Balaban J connectivity index is 0.000000222. The van der Waals surface area contributed by atoms with Crippen molar-refractivity contribution in [1.82, 2.24) is 79.6 Å². The Morgan fingerprint density at radius 3 is 1.03 bits per heavy atom. The van der Waals surface area contributed by atoms with E-state index in [0.29, 0.717) is 50.0 Å². The topological polar surface area (TPSA) is 462 Å². The summed E-state index contributed by atoms with van der Waals surface area (Å²) in [6.45, 7) is 37.8. The first-order chi connectivity index (χ1) is 69.6. The summed E-state index contributed by atoms with van der Waals surface area (Å²) < 4.78 is 64.6. The molecule has 45 heteroatoms. The zero-order valence-electron chi connectivity index (χ0n) is 83.1. The largest absolute Gasteiger partial charge is 0.497 e. The maximum Gasteiger partial charge on any atom is 0.271 e. The summed E-state index contributed by atoms with van der Waals surface area (Å²) in [5.41, 5.74) is 31.9. The van der Waals surface area contributed by atoms with Gasteiger partial charge in [-0.25, -0.2) is 28.1 Å². The number of anilines is 9. The van der Waals surface area contributed by atoms with Crippen LogP contribution in [0.25, 0.3) is 50.2 Å².